The number of aryl methyl sites for hydroxylation is 1. The van der Waals surface area contributed by atoms with Crippen LogP contribution >= 0.6 is 0 Å². The average Bonchev–Trinajstić information content (AvgIpc) is 2.40. The second-order valence-corrected chi connectivity index (χ2v) is 6.10. The Morgan fingerprint density at radius 2 is 1.95 bits per heavy atom. The summed E-state index contributed by atoms with van der Waals surface area (Å²) in [5.41, 5.74) is 4.99. The summed E-state index contributed by atoms with van der Waals surface area (Å²) in [5, 5.41) is 0. The first-order valence-corrected chi connectivity index (χ1v) is 7.35. The summed E-state index contributed by atoms with van der Waals surface area (Å²) in [4.78, 5) is 25.6. The van der Waals surface area contributed by atoms with Gasteiger partial charge in [0.1, 0.15) is 5.56 Å². The number of hydrogen-bond donors (Lipinski definition) is 1. The predicted molar refractivity (Wildman–Crippen MR) is 76.5 cm³/mol. The number of carbonyl (C=O) groups excluding carboxylic acids is 1. The molecule has 2 N–H and O–H groups in total. The van der Waals surface area contributed by atoms with E-state index in [1.54, 1.807) is 16.8 Å². The van der Waals surface area contributed by atoms with Crippen molar-refractivity contribution in [1.29, 1.82) is 0 Å². The van der Waals surface area contributed by atoms with Gasteiger partial charge in [0.2, 0.25) is 0 Å². The van der Waals surface area contributed by atoms with Crippen molar-refractivity contribution in [3.63, 3.8) is 0 Å². The van der Waals surface area contributed by atoms with E-state index < -0.39 is 5.91 Å². The number of piperidine rings is 2. The number of hydrogen-bond acceptors (Lipinski definition) is 3. The van der Waals surface area contributed by atoms with E-state index in [0.29, 0.717) is 6.54 Å². The van der Waals surface area contributed by atoms with Crippen LogP contribution in [0.3, 0.4) is 0 Å². The summed E-state index contributed by atoms with van der Waals surface area (Å²) in [6, 6.07) is 3.19. The third-order valence-electron chi connectivity index (χ3n) is 4.53. The minimum absolute atomic E-state index is 0.0757. The fraction of sp³-hybridized carbons (Fsp3) is 0.600. The lowest BCUT2D eigenvalue weighted by Crippen LogP contribution is -2.48. The molecule has 4 rings (SSSR count). The quantitative estimate of drug-likeness (QED) is 0.859. The van der Waals surface area contributed by atoms with Crippen molar-refractivity contribution in [3.05, 3.63) is 34.2 Å². The summed E-state index contributed by atoms with van der Waals surface area (Å²) in [5.74, 6) is 1.17. The van der Waals surface area contributed by atoms with Crippen LogP contribution in [0.4, 0.5) is 0 Å². The van der Waals surface area contributed by atoms with Crippen molar-refractivity contribution in [2.24, 2.45) is 17.6 Å². The lowest BCUT2D eigenvalue weighted by molar-refractivity contribution is 0.0264. The molecule has 20 heavy (non-hydrogen) atoms. The van der Waals surface area contributed by atoms with Gasteiger partial charge in [-0.2, -0.15) is 0 Å². The van der Waals surface area contributed by atoms with E-state index in [1.807, 2.05) is 0 Å². The number of aromatic nitrogens is 1. The lowest BCUT2D eigenvalue weighted by Gasteiger charge is -2.47. The highest BCUT2D eigenvalue weighted by atomic mass is 16.2. The van der Waals surface area contributed by atoms with Crippen molar-refractivity contribution >= 4 is 5.91 Å². The summed E-state index contributed by atoms with van der Waals surface area (Å²) in [6.07, 6.45) is 5.48. The first-order valence-electron chi connectivity index (χ1n) is 7.35. The molecule has 2 aliphatic heterocycles. The number of carbonyl (C=O) groups is 1. The van der Waals surface area contributed by atoms with Gasteiger partial charge >= 0.3 is 0 Å². The van der Waals surface area contributed by atoms with Gasteiger partial charge in [-0.3, -0.25) is 9.59 Å². The standard InChI is InChI=1S/C15H21N3O2/c16-14(19)13-3-1-5-18(15(13)20)6-2-4-17-9-11-7-12(8-11)10-17/h1,3,5,11-12H,2,4,6-10H2,(H2,16,19). The molecule has 1 aromatic heterocycles. The number of rotatable bonds is 5. The van der Waals surface area contributed by atoms with Crippen molar-refractivity contribution in [2.45, 2.75) is 25.8 Å². The molecule has 5 heteroatoms. The molecule has 1 saturated carbocycles. The summed E-state index contributed by atoms with van der Waals surface area (Å²) in [6.45, 7) is 4.10. The maximum absolute atomic E-state index is 12.0. The van der Waals surface area contributed by atoms with E-state index >= 15 is 0 Å². The predicted octanol–water partition coefficient (Wildman–Crippen LogP) is 0.679. The highest BCUT2D eigenvalue weighted by Gasteiger charge is 2.36. The fourth-order valence-corrected chi connectivity index (χ4v) is 3.52. The maximum Gasteiger partial charge on any atom is 0.263 e. The molecule has 0 aromatic carbocycles. The molecule has 3 aliphatic rings. The Morgan fingerprint density at radius 1 is 1.25 bits per heavy atom. The van der Waals surface area contributed by atoms with Gasteiger partial charge in [0.25, 0.3) is 11.5 Å². The Hall–Kier alpha value is -1.62. The molecule has 5 nitrogen and oxygen atoms in total. The summed E-state index contributed by atoms with van der Waals surface area (Å²) < 4.78 is 1.59. The number of fused-ring (bicyclic) bond motifs is 2. The van der Waals surface area contributed by atoms with Crippen LogP contribution in [0.15, 0.2) is 23.1 Å². The normalized spacial score (nSPS) is 25.2. The van der Waals surface area contributed by atoms with E-state index in [-0.39, 0.29) is 11.1 Å². The van der Waals surface area contributed by atoms with Crippen LogP contribution in [-0.4, -0.2) is 35.0 Å². The van der Waals surface area contributed by atoms with Crippen LogP contribution in [0.2, 0.25) is 0 Å². The topological polar surface area (TPSA) is 68.3 Å². The van der Waals surface area contributed by atoms with Crippen molar-refractivity contribution in [2.75, 3.05) is 19.6 Å². The van der Waals surface area contributed by atoms with Crippen LogP contribution in [0, 0.1) is 11.8 Å². The van der Waals surface area contributed by atoms with Gasteiger partial charge in [-0.25, -0.2) is 0 Å². The summed E-state index contributed by atoms with van der Waals surface area (Å²) in [7, 11) is 0. The van der Waals surface area contributed by atoms with E-state index in [4.69, 9.17) is 5.73 Å². The molecule has 3 fully saturated rings. The highest BCUT2D eigenvalue weighted by molar-refractivity contribution is 5.92. The number of pyridine rings is 1. The summed E-state index contributed by atoms with van der Waals surface area (Å²) >= 11 is 0. The van der Waals surface area contributed by atoms with Crippen LogP contribution in [-0.2, 0) is 6.54 Å². The number of nitrogens with zero attached hydrogens (tertiary/aromatic N) is 2. The van der Waals surface area contributed by atoms with Crippen molar-refractivity contribution in [1.82, 2.24) is 9.47 Å². The number of nitrogens with two attached hydrogens (primary N) is 1. The average molecular weight is 275 g/mol. The molecule has 0 unspecified atom stereocenters. The molecule has 0 spiro atoms. The van der Waals surface area contributed by atoms with Gasteiger partial charge < -0.3 is 15.2 Å². The van der Waals surface area contributed by atoms with Gasteiger partial charge in [0.05, 0.1) is 0 Å². The lowest BCUT2D eigenvalue weighted by atomic mass is 9.71. The van der Waals surface area contributed by atoms with Crippen molar-refractivity contribution in [3.8, 4) is 0 Å². The van der Waals surface area contributed by atoms with Crippen LogP contribution in [0.25, 0.3) is 0 Å². The zero-order valence-corrected chi connectivity index (χ0v) is 11.6. The molecule has 1 aromatic rings. The molecular formula is C15H21N3O2. The smallest absolute Gasteiger partial charge is 0.263 e. The number of amides is 1. The van der Waals surface area contributed by atoms with Gasteiger partial charge in [-0.1, -0.05) is 0 Å². The second-order valence-electron chi connectivity index (χ2n) is 6.10. The maximum atomic E-state index is 12.0. The van der Waals surface area contributed by atoms with Crippen LogP contribution < -0.4 is 11.3 Å². The molecule has 3 heterocycles. The second kappa shape index (κ2) is 5.40. The highest BCUT2D eigenvalue weighted by Crippen LogP contribution is 2.39. The fourth-order valence-electron chi connectivity index (χ4n) is 3.52. The van der Waals surface area contributed by atoms with Crippen molar-refractivity contribution < 1.29 is 4.79 Å². The van der Waals surface area contributed by atoms with Crippen LogP contribution in [0.5, 0.6) is 0 Å². The molecule has 2 saturated heterocycles. The molecule has 0 radical (unpaired) electrons. The first-order chi connectivity index (χ1) is 9.63. The zero-order chi connectivity index (χ0) is 14.1. The monoisotopic (exact) mass is 275 g/mol. The Labute approximate surface area is 118 Å². The Bertz CT molecular complexity index is 550. The molecule has 1 amide bonds. The van der Waals surface area contributed by atoms with E-state index in [0.717, 1.165) is 24.8 Å². The van der Waals surface area contributed by atoms with E-state index in [2.05, 4.69) is 4.90 Å². The van der Waals surface area contributed by atoms with Gasteiger partial charge in [0, 0.05) is 25.8 Å². The Morgan fingerprint density at radius 3 is 2.60 bits per heavy atom. The third-order valence-corrected chi connectivity index (χ3v) is 4.53. The zero-order valence-electron chi connectivity index (χ0n) is 11.6. The molecule has 1 aliphatic carbocycles. The van der Waals surface area contributed by atoms with E-state index in [1.165, 1.54) is 32.0 Å². The first kappa shape index (κ1) is 13.4. The Kier molecular flexibility index (Phi) is 3.61. The number of primary amides is 1. The SMILES string of the molecule is NC(=O)c1cccn(CCCN2CC3CC(C3)C2)c1=O. The minimum atomic E-state index is -0.652. The minimum Gasteiger partial charge on any atom is -0.365 e. The third kappa shape index (κ3) is 2.63. The van der Waals surface area contributed by atoms with Crippen LogP contribution in [0.1, 0.15) is 29.6 Å². The largest absolute Gasteiger partial charge is 0.365 e. The van der Waals surface area contributed by atoms with E-state index in [9.17, 15) is 9.59 Å². The molecule has 2 bridgehead atoms. The van der Waals surface area contributed by atoms with Gasteiger partial charge in [-0.15, -0.1) is 0 Å². The van der Waals surface area contributed by atoms with Gasteiger partial charge in [0.15, 0.2) is 0 Å². The Balaban J connectivity index is 1.55. The molecule has 108 valence electrons. The van der Waals surface area contributed by atoms with Gasteiger partial charge in [-0.05, 0) is 49.8 Å². The molecular weight excluding hydrogens is 254 g/mol. The molecule has 0 atom stereocenters.